The molecule has 0 atom stereocenters. The summed E-state index contributed by atoms with van der Waals surface area (Å²) in [5.41, 5.74) is 6.36. The molecule has 4 fully saturated rings. The first kappa shape index (κ1) is 13.1. The molecule has 1 aromatic rings. The summed E-state index contributed by atoms with van der Waals surface area (Å²) in [5.74, 6) is 2.13. The van der Waals surface area contributed by atoms with E-state index >= 15 is 0 Å². The van der Waals surface area contributed by atoms with Crippen LogP contribution < -0.4 is 10.9 Å². The maximum absolute atomic E-state index is 12.9. The fourth-order valence-electron chi connectivity index (χ4n) is 5.18. The third-order valence-electron chi connectivity index (χ3n) is 5.68. The van der Waals surface area contributed by atoms with Gasteiger partial charge in [0.25, 0.3) is 0 Å². The Bertz CT molecular complexity index is 519. The summed E-state index contributed by atoms with van der Waals surface area (Å²) in [7, 11) is 0. The second-order valence-electron chi connectivity index (χ2n) is 7.28. The molecule has 3 nitrogen and oxygen atoms in total. The Balaban J connectivity index is 1.44. The molecule has 0 spiro atoms. The van der Waals surface area contributed by atoms with Gasteiger partial charge in [-0.25, -0.2) is 4.39 Å². The van der Waals surface area contributed by atoms with E-state index in [1.807, 2.05) is 0 Å². The van der Waals surface area contributed by atoms with Crippen molar-refractivity contribution in [2.45, 2.75) is 38.5 Å². The Kier molecular flexibility index (Phi) is 2.95. The second kappa shape index (κ2) is 4.72. The second-order valence-corrected chi connectivity index (χ2v) is 7.28. The summed E-state index contributed by atoms with van der Waals surface area (Å²) in [6.07, 6.45) is 7.15. The third kappa shape index (κ3) is 2.30. The minimum Gasteiger partial charge on any atom is -0.299 e. The summed E-state index contributed by atoms with van der Waals surface area (Å²) >= 11 is 0. The van der Waals surface area contributed by atoms with Gasteiger partial charge in [-0.1, -0.05) is 0 Å². The van der Waals surface area contributed by atoms with E-state index in [2.05, 4.69) is 10.9 Å². The van der Waals surface area contributed by atoms with Crippen LogP contribution in [-0.4, -0.2) is 5.91 Å². The van der Waals surface area contributed by atoms with Crippen LogP contribution in [0.2, 0.25) is 0 Å². The molecule has 4 bridgehead atoms. The molecule has 4 saturated carbocycles. The van der Waals surface area contributed by atoms with Crippen molar-refractivity contribution < 1.29 is 9.18 Å². The minimum absolute atomic E-state index is 0.130. The first-order valence-corrected chi connectivity index (χ1v) is 7.95. The average Bonchev–Trinajstić information content (AvgIpc) is 2.45. The monoisotopic (exact) mass is 288 g/mol. The fraction of sp³-hybridized carbons (Fsp3) is 0.588. The molecule has 0 aromatic heterocycles. The van der Waals surface area contributed by atoms with Gasteiger partial charge < -0.3 is 0 Å². The van der Waals surface area contributed by atoms with E-state index in [0.717, 1.165) is 42.7 Å². The van der Waals surface area contributed by atoms with Gasteiger partial charge in [0.1, 0.15) is 5.82 Å². The number of hydrogen-bond acceptors (Lipinski definition) is 2. The molecule has 0 aliphatic heterocycles. The van der Waals surface area contributed by atoms with E-state index < -0.39 is 0 Å². The van der Waals surface area contributed by atoms with Crippen LogP contribution in [0.5, 0.6) is 0 Å². The highest BCUT2D eigenvalue weighted by Crippen LogP contribution is 2.60. The number of amides is 1. The van der Waals surface area contributed by atoms with Crippen LogP contribution in [0.1, 0.15) is 38.5 Å². The molecule has 4 aliphatic carbocycles. The molecule has 4 aliphatic rings. The standard InChI is InChI=1S/C17H21FN2O/c18-14-1-3-15(4-2-14)19-20-16(21)17-8-11-5-12(9-17)7-13(6-11)10-17/h1-4,11-13,19H,5-10H2,(H,20,21). The number of hydrazine groups is 1. The summed E-state index contributed by atoms with van der Waals surface area (Å²) in [6, 6.07) is 6.04. The zero-order valence-electron chi connectivity index (χ0n) is 12.1. The molecule has 2 N–H and O–H groups in total. The maximum Gasteiger partial charge on any atom is 0.244 e. The maximum atomic E-state index is 12.9. The van der Waals surface area contributed by atoms with Gasteiger partial charge in [0, 0.05) is 0 Å². The Morgan fingerprint density at radius 2 is 1.52 bits per heavy atom. The quantitative estimate of drug-likeness (QED) is 0.836. The lowest BCUT2D eigenvalue weighted by molar-refractivity contribution is -0.145. The van der Waals surface area contributed by atoms with Crippen molar-refractivity contribution in [3.63, 3.8) is 0 Å². The first-order chi connectivity index (χ1) is 10.1. The van der Waals surface area contributed by atoms with Crippen molar-refractivity contribution in [3.8, 4) is 0 Å². The number of hydrogen-bond donors (Lipinski definition) is 2. The molecule has 21 heavy (non-hydrogen) atoms. The highest BCUT2D eigenvalue weighted by molar-refractivity contribution is 5.84. The van der Waals surface area contributed by atoms with Gasteiger partial charge in [-0.15, -0.1) is 0 Å². The summed E-state index contributed by atoms with van der Waals surface area (Å²) in [6.45, 7) is 0. The van der Waals surface area contributed by atoms with Gasteiger partial charge in [-0.05, 0) is 80.5 Å². The Morgan fingerprint density at radius 3 is 2.05 bits per heavy atom. The van der Waals surface area contributed by atoms with Gasteiger partial charge in [0.05, 0.1) is 11.1 Å². The lowest BCUT2D eigenvalue weighted by atomic mass is 9.49. The molecule has 0 saturated heterocycles. The number of rotatable bonds is 3. The highest BCUT2D eigenvalue weighted by atomic mass is 19.1. The van der Waals surface area contributed by atoms with Crippen LogP contribution in [-0.2, 0) is 4.79 Å². The van der Waals surface area contributed by atoms with Crippen LogP contribution in [0, 0.1) is 29.0 Å². The van der Waals surface area contributed by atoms with Gasteiger partial charge in [-0.3, -0.25) is 15.6 Å². The Morgan fingerprint density at radius 1 is 1.00 bits per heavy atom. The SMILES string of the molecule is O=C(NNc1ccc(F)cc1)C12CC3CC(CC(C3)C1)C2. The van der Waals surface area contributed by atoms with E-state index in [1.54, 1.807) is 12.1 Å². The molecule has 0 heterocycles. The predicted octanol–water partition coefficient (Wildman–Crippen LogP) is 3.49. The number of halogens is 1. The normalized spacial score (nSPS) is 36.5. The molecule has 5 rings (SSSR count). The van der Waals surface area contributed by atoms with E-state index in [1.165, 1.54) is 31.4 Å². The van der Waals surface area contributed by atoms with Gasteiger partial charge in [0.2, 0.25) is 5.91 Å². The fourth-order valence-corrected chi connectivity index (χ4v) is 5.18. The lowest BCUT2D eigenvalue weighted by Gasteiger charge is -2.55. The van der Waals surface area contributed by atoms with Crippen molar-refractivity contribution in [3.05, 3.63) is 30.1 Å². The number of anilines is 1. The number of carbonyl (C=O) groups excluding carboxylic acids is 1. The molecule has 4 heteroatoms. The van der Waals surface area contributed by atoms with Gasteiger partial charge in [0.15, 0.2) is 0 Å². The molecule has 112 valence electrons. The minimum atomic E-state index is -0.270. The Labute approximate surface area is 124 Å². The van der Waals surface area contributed by atoms with Crippen LogP contribution in [0.3, 0.4) is 0 Å². The van der Waals surface area contributed by atoms with Gasteiger partial charge >= 0.3 is 0 Å². The number of carbonyl (C=O) groups is 1. The number of nitrogens with one attached hydrogen (secondary N) is 2. The van der Waals surface area contributed by atoms with Crippen LogP contribution in [0.15, 0.2) is 24.3 Å². The highest BCUT2D eigenvalue weighted by Gasteiger charge is 2.54. The molecule has 0 radical (unpaired) electrons. The van der Waals surface area contributed by atoms with Crippen molar-refractivity contribution >= 4 is 11.6 Å². The van der Waals surface area contributed by atoms with Crippen LogP contribution >= 0.6 is 0 Å². The van der Waals surface area contributed by atoms with Crippen LogP contribution in [0.25, 0.3) is 0 Å². The first-order valence-electron chi connectivity index (χ1n) is 7.95. The summed E-state index contributed by atoms with van der Waals surface area (Å²) < 4.78 is 12.9. The predicted molar refractivity (Wildman–Crippen MR) is 78.8 cm³/mol. The van der Waals surface area contributed by atoms with Crippen molar-refractivity contribution in [2.24, 2.45) is 23.2 Å². The topological polar surface area (TPSA) is 41.1 Å². The number of benzene rings is 1. The van der Waals surface area contributed by atoms with E-state index in [4.69, 9.17) is 0 Å². The smallest absolute Gasteiger partial charge is 0.244 e. The summed E-state index contributed by atoms with van der Waals surface area (Å²) in [5, 5.41) is 0. The molecule has 1 amide bonds. The third-order valence-corrected chi connectivity index (χ3v) is 5.68. The average molecular weight is 288 g/mol. The molecular weight excluding hydrogens is 267 g/mol. The van der Waals surface area contributed by atoms with E-state index in [0.29, 0.717) is 0 Å². The van der Waals surface area contributed by atoms with Crippen molar-refractivity contribution in [1.82, 2.24) is 5.43 Å². The summed E-state index contributed by atoms with van der Waals surface area (Å²) in [4.78, 5) is 12.7. The van der Waals surface area contributed by atoms with E-state index in [-0.39, 0.29) is 17.1 Å². The molecule has 1 aromatic carbocycles. The Hall–Kier alpha value is -1.58. The van der Waals surface area contributed by atoms with Crippen molar-refractivity contribution in [2.75, 3.05) is 5.43 Å². The zero-order valence-corrected chi connectivity index (χ0v) is 12.1. The van der Waals surface area contributed by atoms with Gasteiger partial charge in [-0.2, -0.15) is 0 Å². The van der Waals surface area contributed by atoms with Crippen LogP contribution in [0.4, 0.5) is 10.1 Å². The van der Waals surface area contributed by atoms with Crippen molar-refractivity contribution in [1.29, 1.82) is 0 Å². The molecule has 0 unspecified atom stereocenters. The lowest BCUT2D eigenvalue weighted by Crippen LogP contribution is -2.54. The largest absolute Gasteiger partial charge is 0.299 e. The van der Waals surface area contributed by atoms with E-state index in [9.17, 15) is 9.18 Å². The molecular formula is C17H21FN2O. The zero-order chi connectivity index (χ0) is 14.4.